The van der Waals surface area contributed by atoms with Gasteiger partial charge in [-0.25, -0.2) is 23.1 Å². The lowest BCUT2D eigenvalue weighted by Crippen LogP contribution is -2.40. The molecular formula is C15H26N4O2S. The molecule has 0 amide bonds. The number of nitrogens with zero attached hydrogens (tertiary/aromatic N) is 3. The third-order valence-electron chi connectivity index (χ3n) is 3.87. The molecule has 0 spiro atoms. The van der Waals surface area contributed by atoms with Crippen LogP contribution in [0.2, 0.25) is 0 Å². The normalized spacial score (nSPS) is 20.5. The van der Waals surface area contributed by atoms with Crippen molar-refractivity contribution in [3.8, 4) is 0 Å². The van der Waals surface area contributed by atoms with Crippen LogP contribution < -0.4 is 4.72 Å². The van der Waals surface area contributed by atoms with Crippen molar-refractivity contribution >= 4 is 10.0 Å². The van der Waals surface area contributed by atoms with Gasteiger partial charge in [0.2, 0.25) is 10.0 Å². The van der Waals surface area contributed by atoms with Crippen LogP contribution in [0.5, 0.6) is 0 Å². The highest BCUT2D eigenvalue weighted by Crippen LogP contribution is 2.18. The molecule has 22 heavy (non-hydrogen) atoms. The van der Waals surface area contributed by atoms with Crippen LogP contribution in [0.3, 0.4) is 0 Å². The number of likely N-dealkylation sites (tertiary alicyclic amines) is 1. The van der Waals surface area contributed by atoms with Gasteiger partial charge in [-0.1, -0.05) is 13.8 Å². The molecule has 0 bridgehead atoms. The first kappa shape index (κ1) is 17.3. The molecule has 1 aliphatic heterocycles. The van der Waals surface area contributed by atoms with Crippen LogP contribution in [0.15, 0.2) is 12.3 Å². The summed E-state index contributed by atoms with van der Waals surface area (Å²) in [7, 11) is -3.10. The molecule has 1 aliphatic rings. The van der Waals surface area contributed by atoms with Gasteiger partial charge < -0.3 is 0 Å². The summed E-state index contributed by atoms with van der Waals surface area (Å²) in [5, 5.41) is 0. The maximum atomic E-state index is 11.2. The first-order chi connectivity index (χ1) is 10.3. The number of nitrogens with one attached hydrogen (secondary N) is 1. The molecule has 0 radical (unpaired) electrons. The second-order valence-electron chi connectivity index (χ2n) is 6.42. The van der Waals surface area contributed by atoms with E-state index in [0.29, 0.717) is 18.4 Å². The fourth-order valence-corrected chi connectivity index (χ4v) is 3.28. The zero-order valence-corrected chi connectivity index (χ0v) is 14.4. The van der Waals surface area contributed by atoms with Crippen LogP contribution in [-0.4, -0.2) is 49.2 Å². The Morgan fingerprint density at radius 3 is 2.91 bits per heavy atom. The first-order valence-corrected chi connectivity index (χ1v) is 9.71. The van der Waals surface area contributed by atoms with Gasteiger partial charge in [0.15, 0.2) is 0 Å². The van der Waals surface area contributed by atoms with Gasteiger partial charge >= 0.3 is 0 Å². The number of rotatable bonds is 6. The molecule has 1 N–H and O–H groups in total. The average Bonchev–Trinajstić information content (AvgIpc) is 2.45. The van der Waals surface area contributed by atoms with Crippen molar-refractivity contribution in [3.63, 3.8) is 0 Å². The smallest absolute Gasteiger partial charge is 0.208 e. The van der Waals surface area contributed by atoms with Crippen LogP contribution in [0, 0.1) is 5.92 Å². The highest BCUT2D eigenvalue weighted by molar-refractivity contribution is 7.88. The molecule has 0 aliphatic carbocycles. The topological polar surface area (TPSA) is 75.2 Å². The van der Waals surface area contributed by atoms with E-state index < -0.39 is 10.0 Å². The zero-order valence-electron chi connectivity index (χ0n) is 13.6. The molecule has 1 aromatic heterocycles. The molecule has 1 fully saturated rings. The molecule has 0 aromatic carbocycles. The number of hydrogen-bond acceptors (Lipinski definition) is 5. The molecule has 1 atom stereocenters. The Labute approximate surface area is 133 Å². The van der Waals surface area contributed by atoms with Crippen molar-refractivity contribution < 1.29 is 8.42 Å². The largest absolute Gasteiger partial charge is 0.297 e. The minimum atomic E-state index is -3.10. The fraction of sp³-hybridized carbons (Fsp3) is 0.733. The maximum absolute atomic E-state index is 11.2. The quantitative estimate of drug-likeness (QED) is 0.854. The summed E-state index contributed by atoms with van der Waals surface area (Å²) in [6, 6.07) is 1.96. The summed E-state index contributed by atoms with van der Waals surface area (Å²) in [5.41, 5.74) is 1.04. The highest BCUT2D eigenvalue weighted by Gasteiger charge is 2.21. The zero-order chi connectivity index (χ0) is 16.2. The van der Waals surface area contributed by atoms with Gasteiger partial charge in [0.25, 0.3) is 0 Å². The van der Waals surface area contributed by atoms with Crippen molar-refractivity contribution in [3.05, 3.63) is 23.8 Å². The molecular weight excluding hydrogens is 300 g/mol. The molecule has 1 aromatic rings. The van der Waals surface area contributed by atoms with Crippen molar-refractivity contribution in [2.75, 3.05) is 25.9 Å². The summed E-state index contributed by atoms with van der Waals surface area (Å²) >= 11 is 0. The van der Waals surface area contributed by atoms with Crippen molar-refractivity contribution in [2.24, 2.45) is 5.92 Å². The second-order valence-corrected chi connectivity index (χ2v) is 8.26. The van der Waals surface area contributed by atoms with E-state index in [1.54, 1.807) is 0 Å². The van der Waals surface area contributed by atoms with E-state index in [0.717, 1.165) is 44.0 Å². The van der Waals surface area contributed by atoms with E-state index in [-0.39, 0.29) is 0 Å². The summed E-state index contributed by atoms with van der Waals surface area (Å²) < 4.78 is 25.0. The van der Waals surface area contributed by atoms with E-state index in [1.807, 2.05) is 12.3 Å². The fourth-order valence-electron chi connectivity index (χ4n) is 2.74. The highest BCUT2D eigenvalue weighted by atomic mass is 32.2. The van der Waals surface area contributed by atoms with Gasteiger partial charge in [-0.05, 0) is 31.4 Å². The Hall–Kier alpha value is -1.05. The monoisotopic (exact) mass is 326 g/mol. The van der Waals surface area contributed by atoms with E-state index in [1.165, 1.54) is 6.26 Å². The molecule has 1 saturated heterocycles. The number of sulfonamides is 1. The lowest BCUT2D eigenvalue weighted by atomic mass is 9.98. The minimum absolute atomic E-state index is 0.327. The Kier molecular flexibility index (Phi) is 5.88. The van der Waals surface area contributed by atoms with Crippen LogP contribution in [-0.2, 0) is 16.6 Å². The molecule has 0 saturated carbocycles. The Morgan fingerprint density at radius 1 is 1.45 bits per heavy atom. The predicted molar refractivity (Wildman–Crippen MR) is 87.0 cm³/mol. The molecule has 124 valence electrons. The maximum Gasteiger partial charge on any atom is 0.208 e. The van der Waals surface area contributed by atoms with Crippen LogP contribution >= 0.6 is 0 Å². The van der Waals surface area contributed by atoms with E-state index >= 15 is 0 Å². The van der Waals surface area contributed by atoms with E-state index in [4.69, 9.17) is 0 Å². The van der Waals surface area contributed by atoms with Gasteiger partial charge in [0.05, 0.1) is 11.9 Å². The number of piperidine rings is 1. The molecule has 2 heterocycles. The molecule has 0 unspecified atom stereocenters. The number of aromatic nitrogens is 2. The van der Waals surface area contributed by atoms with Gasteiger partial charge in [-0.2, -0.15) is 0 Å². The van der Waals surface area contributed by atoms with Crippen LogP contribution in [0.25, 0.3) is 0 Å². The lowest BCUT2D eigenvalue weighted by Gasteiger charge is -2.32. The summed E-state index contributed by atoms with van der Waals surface area (Å²) in [5.74, 6) is 1.58. The second kappa shape index (κ2) is 7.48. The van der Waals surface area contributed by atoms with Crippen molar-refractivity contribution in [1.29, 1.82) is 0 Å². The van der Waals surface area contributed by atoms with E-state index in [2.05, 4.69) is 33.4 Å². The lowest BCUT2D eigenvalue weighted by molar-refractivity contribution is 0.167. The Morgan fingerprint density at radius 2 is 2.23 bits per heavy atom. The Bertz CT molecular complexity index is 589. The summed E-state index contributed by atoms with van der Waals surface area (Å²) in [6.07, 6.45) is 5.20. The SMILES string of the molecule is CC(C)c1nccc(CN2CCC[C@H](CNS(C)(=O)=O)C2)n1. The average molecular weight is 326 g/mol. The van der Waals surface area contributed by atoms with Gasteiger partial charge in [0, 0.05) is 31.7 Å². The number of hydrogen-bond donors (Lipinski definition) is 1. The van der Waals surface area contributed by atoms with Crippen molar-refractivity contribution in [1.82, 2.24) is 19.6 Å². The van der Waals surface area contributed by atoms with Crippen LogP contribution in [0.1, 0.15) is 44.1 Å². The Balaban J connectivity index is 1.91. The van der Waals surface area contributed by atoms with Crippen LogP contribution in [0.4, 0.5) is 0 Å². The minimum Gasteiger partial charge on any atom is -0.297 e. The molecule has 6 nitrogen and oxygen atoms in total. The van der Waals surface area contributed by atoms with Gasteiger partial charge in [0.1, 0.15) is 5.82 Å². The predicted octanol–water partition coefficient (Wildman–Crippen LogP) is 1.36. The van der Waals surface area contributed by atoms with E-state index in [9.17, 15) is 8.42 Å². The summed E-state index contributed by atoms with van der Waals surface area (Å²) in [4.78, 5) is 11.3. The molecule has 7 heteroatoms. The third-order valence-corrected chi connectivity index (χ3v) is 4.56. The first-order valence-electron chi connectivity index (χ1n) is 7.82. The van der Waals surface area contributed by atoms with Crippen molar-refractivity contribution in [2.45, 2.75) is 39.2 Å². The van der Waals surface area contributed by atoms with Gasteiger partial charge in [-0.15, -0.1) is 0 Å². The molecule has 2 rings (SSSR count). The summed E-state index contributed by atoms with van der Waals surface area (Å²) in [6.45, 7) is 7.45. The third kappa shape index (κ3) is 5.62. The standard InChI is InChI=1S/C15H26N4O2S/c1-12(2)15-16-7-6-14(18-15)11-19-8-4-5-13(10-19)9-17-22(3,20)21/h6-7,12-13,17H,4-5,8-11H2,1-3H3/t13-/m1/s1. The van der Waals surface area contributed by atoms with Gasteiger partial charge in [-0.3, -0.25) is 4.90 Å².